The van der Waals surface area contributed by atoms with Gasteiger partial charge in [0.25, 0.3) is 0 Å². The Kier molecular flexibility index (Phi) is 7.75. The van der Waals surface area contributed by atoms with Gasteiger partial charge in [0.05, 0.1) is 39.0 Å². The lowest BCUT2D eigenvalue weighted by molar-refractivity contribution is 1.17. The van der Waals surface area contributed by atoms with Crippen molar-refractivity contribution in [2.45, 2.75) is 0 Å². The smallest absolute Gasteiger partial charge is 0.160 e. The highest BCUT2D eigenvalue weighted by molar-refractivity contribution is 6.26. The summed E-state index contributed by atoms with van der Waals surface area (Å²) >= 11 is 0. The van der Waals surface area contributed by atoms with E-state index in [1.165, 1.54) is 86.4 Å². The van der Waals surface area contributed by atoms with E-state index < -0.39 is 0 Å². The van der Waals surface area contributed by atoms with Crippen LogP contribution < -0.4 is 0 Å². The van der Waals surface area contributed by atoms with Crippen molar-refractivity contribution >= 4 is 108 Å². The van der Waals surface area contributed by atoms with Gasteiger partial charge < -0.3 is 9.13 Å². The van der Waals surface area contributed by atoms with Gasteiger partial charge in [-0.25, -0.2) is 9.97 Å². The molecule has 0 saturated heterocycles. The molecular formula is C64H38N4. The monoisotopic (exact) mass is 862 g/mol. The minimum absolute atomic E-state index is 0.697. The van der Waals surface area contributed by atoms with Gasteiger partial charge in [-0.2, -0.15) is 0 Å². The molecular weight excluding hydrogens is 825 g/mol. The zero-order chi connectivity index (χ0) is 44.5. The van der Waals surface area contributed by atoms with Crippen LogP contribution in [0, 0.1) is 0 Å². The number of hydrogen-bond acceptors (Lipinski definition) is 2. The van der Waals surface area contributed by atoms with Gasteiger partial charge in [0.2, 0.25) is 0 Å². The van der Waals surface area contributed by atoms with Gasteiger partial charge in [0.15, 0.2) is 5.82 Å². The number of aromatic nitrogens is 4. The summed E-state index contributed by atoms with van der Waals surface area (Å²) in [5, 5.41) is 18.4. The largest absolute Gasteiger partial charge is 0.309 e. The number of nitrogens with zero attached hydrogens (tertiary/aromatic N) is 4. The summed E-state index contributed by atoms with van der Waals surface area (Å²) in [5.41, 5.74) is 10.8. The molecule has 15 aromatic rings. The average molecular weight is 863 g/mol. The van der Waals surface area contributed by atoms with Crippen LogP contribution in [0.4, 0.5) is 0 Å². The summed E-state index contributed by atoms with van der Waals surface area (Å²) in [6.07, 6.45) is 0. The third-order valence-electron chi connectivity index (χ3n) is 14.4. The molecule has 0 saturated carbocycles. The van der Waals surface area contributed by atoms with E-state index in [-0.39, 0.29) is 0 Å². The zero-order valence-corrected chi connectivity index (χ0v) is 36.7. The first-order valence-electron chi connectivity index (χ1n) is 23.3. The summed E-state index contributed by atoms with van der Waals surface area (Å²) in [6, 6.07) is 83.9. The number of rotatable bonds is 4. The molecule has 0 amide bonds. The second-order valence-electron chi connectivity index (χ2n) is 18.1. The highest BCUT2D eigenvalue weighted by atomic mass is 15.0. The summed E-state index contributed by atoms with van der Waals surface area (Å²) < 4.78 is 4.92. The van der Waals surface area contributed by atoms with Gasteiger partial charge in [-0.15, -0.1) is 0 Å². The molecule has 4 heteroatoms. The average Bonchev–Trinajstić information content (AvgIpc) is 3.92. The normalized spacial score (nSPS) is 12.1. The second kappa shape index (κ2) is 14.2. The zero-order valence-electron chi connectivity index (χ0n) is 36.7. The summed E-state index contributed by atoms with van der Waals surface area (Å²) in [6.45, 7) is 0. The van der Waals surface area contributed by atoms with E-state index in [4.69, 9.17) is 9.97 Å². The molecule has 3 aromatic heterocycles. The maximum absolute atomic E-state index is 5.41. The summed E-state index contributed by atoms with van der Waals surface area (Å²) in [5.74, 6) is 0.697. The lowest BCUT2D eigenvalue weighted by Crippen LogP contribution is -1.98. The van der Waals surface area contributed by atoms with Crippen molar-refractivity contribution in [1.29, 1.82) is 0 Å². The Balaban J connectivity index is 0.922. The summed E-state index contributed by atoms with van der Waals surface area (Å²) in [7, 11) is 0. The van der Waals surface area contributed by atoms with E-state index in [9.17, 15) is 0 Å². The van der Waals surface area contributed by atoms with E-state index in [0.29, 0.717) is 5.82 Å². The van der Waals surface area contributed by atoms with Gasteiger partial charge in [-0.05, 0) is 127 Å². The molecule has 68 heavy (non-hydrogen) atoms. The number of para-hydroxylation sites is 2. The molecule has 0 aliphatic heterocycles. The van der Waals surface area contributed by atoms with Crippen molar-refractivity contribution in [3.05, 3.63) is 231 Å². The Morgan fingerprint density at radius 3 is 1.62 bits per heavy atom. The molecule has 314 valence electrons. The summed E-state index contributed by atoms with van der Waals surface area (Å²) in [4.78, 5) is 10.6. The fraction of sp³-hybridized carbons (Fsp3) is 0. The highest BCUT2D eigenvalue weighted by Crippen LogP contribution is 2.44. The fourth-order valence-electron chi connectivity index (χ4n) is 11.4. The molecule has 0 fully saturated rings. The Hall–Kier alpha value is -9.12. The standard InChI is InChI=1S/C64H38N4/c1-2-16-42-38-60-54(36-41(42)15-1)62-57(26-13-27-58(62)68-56-25-12-10-23-52(56)61-45-17-4-3-14-39(45)31-35-59(61)68)67(60)44-32-28-40(29-33-44)64-65-55-24-11-9-22-51(55)63(66-64)43-30-34-50-48-20-6-5-18-46(48)47-19-7-8-21-49(47)53(50)37-43/h1-38H. The minimum atomic E-state index is 0.697. The van der Waals surface area contributed by atoms with Crippen LogP contribution in [0.2, 0.25) is 0 Å². The van der Waals surface area contributed by atoms with Crippen LogP contribution in [0.15, 0.2) is 231 Å². The van der Waals surface area contributed by atoms with Gasteiger partial charge in [-0.1, -0.05) is 158 Å². The fourth-order valence-corrected chi connectivity index (χ4v) is 11.4. The van der Waals surface area contributed by atoms with Gasteiger partial charge in [0.1, 0.15) is 0 Å². The molecule has 3 heterocycles. The molecule has 0 aliphatic rings. The van der Waals surface area contributed by atoms with Crippen molar-refractivity contribution in [3.63, 3.8) is 0 Å². The van der Waals surface area contributed by atoms with Crippen LogP contribution in [0.3, 0.4) is 0 Å². The Labute approximate surface area is 390 Å². The lowest BCUT2D eigenvalue weighted by atomic mass is 9.92. The van der Waals surface area contributed by atoms with E-state index in [1.807, 2.05) is 0 Å². The van der Waals surface area contributed by atoms with E-state index in [2.05, 4.69) is 240 Å². The first kappa shape index (κ1) is 37.1. The van der Waals surface area contributed by atoms with Gasteiger partial charge in [0, 0.05) is 43.7 Å². The Morgan fingerprint density at radius 2 is 0.853 bits per heavy atom. The van der Waals surface area contributed by atoms with Crippen LogP contribution in [0.25, 0.3) is 142 Å². The third kappa shape index (κ3) is 5.31. The van der Waals surface area contributed by atoms with Crippen LogP contribution in [-0.2, 0) is 0 Å². The Bertz CT molecular complexity index is 4580. The lowest BCUT2D eigenvalue weighted by Gasteiger charge is -2.14. The molecule has 0 radical (unpaired) electrons. The van der Waals surface area contributed by atoms with Crippen LogP contribution >= 0.6 is 0 Å². The first-order valence-corrected chi connectivity index (χ1v) is 23.3. The number of hydrogen-bond donors (Lipinski definition) is 0. The van der Waals surface area contributed by atoms with Gasteiger partial charge >= 0.3 is 0 Å². The van der Waals surface area contributed by atoms with Crippen LogP contribution in [-0.4, -0.2) is 19.1 Å². The van der Waals surface area contributed by atoms with Crippen LogP contribution in [0.1, 0.15) is 0 Å². The maximum atomic E-state index is 5.41. The molecule has 15 rings (SSSR count). The van der Waals surface area contributed by atoms with Crippen molar-refractivity contribution in [1.82, 2.24) is 19.1 Å². The molecule has 0 aliphatic carbocycles. The SMILES string of the molecule is c1ccc2cc3c(cc2c1)c1c(-n2c4ccccc4c4c5ccccc5ccc42)cccc1n3-c1ccc(-c2nc(-c3ccc4c5ccccc5c5ccccc5c4c3)c3ccccc3n2)cc1. The quantitative estimate of drug-likeness (QED) is 0.165. The van der Waals surface area contributed by atoms with Crippen molar-refractivity contribution in [3.8, 4) is 34.0 Å². The van der Waals surface area contributed by atoms with Crippen molar-refractivity contribution < 1.29 is 0 Å². The third-order valence-corrected chi connectivity index (χ3v) is 14.4. The first-order chi connectivity index (χ1) is 33.7. The molecule has 12 aromatic carbocycles. The minimum Gasteiger partial charge on any atom is -0.309 e. The molecule has 0 spiro atoms. The number of fused-ring (bicyclic) bond motifs is 16. The maximum Gasteiger partial charge on any atom is 0.160 e. The van der Waals surface area contributed by atoms with E-state index >= 15 is 0 Å². The Morgan fingerprint density at radius 1 is 0.279 bits per heavy atom. The van der Waals surface area contributed by atoms with Crippen molar-refractivity contribution in [2.75, 3.05) is 0 Å². The topological polar surface area (TPSA) is 35.6 Å². The molecule has 0 unspecified atom stereocenters. The van der Waals surface area contributed by atoms with Crippen molar-refractivity contribution in [2.24, 2.45) is 0 Å². The molecule has 0 bridgehead atoms. The van der Waals surface area contributed by atoms with E-state index in [0.717, 1.165) is 50.1 Å². The molecule has 0 atom stereocenters. The molecule has 0 N–H and O–H groups in total. The highest BCUT2D eigenvalue weighted by Gasteiger charge is 2.22. The molecule has 4 nitrogen and oxygen atoms in total. The number of benzene rings is 12. The van der Waals surface area contributed by atoms with Crippen LogP contribution in [0.5, 0.6) is 0 Å². The van der Waals surface area contributed by atoms with Gasteiger partial charge in [-0.3, -0.25) is 0 Å². The predicted molar refractivity (Wildman–Crippen MR) is 287 cm³/mol. The second-order valence-corrected chi connectivity index (χ2v) is 18.1. The van der Waals surface area contributed by atoms with E-state index in [1.54, 1.807) is 0 Å². The predicted octanol–water partition coefficient (Wildman–Crippen LogP) is 16.9.